The third kappa shape index (κ3) is 2.27. The average molecular weight is 341 g/mol. The molecule has 1 N–H and O–H groups in total. The number of para-hydroxylation sites is 2. The Morgan fingerprint density at radius 2 is 2.12 bits per heavy atom. The Labute approximate surface area is 145 Å². The lowest BCUT2D eigenvalue weighted by molar-refractivity contribution is -0.121. The molecule has 2 aliphatic rings. The van der Waals surface area contributed by atoms with Crippen LogP contribution in [0.4, 0.5) is 0 Å². The Kier molecular flexibility index (Phi) is 3.42. The number of carbonyl (C=O) groups excluding carboxylic acids is 1. The summed E-state index contributed by atoms with van der Waals surface area (Å²) in [6.45, 7) is 6.74. The molecule has 1 aromatic heterocycles. The lowest BCUT2D eigenvalue weighted by Gasteiger charge is -2.34. The third-order valence-corrected chi connectivity index (χ3v) is 6.70. The summed E-state index contributed by atoms with van der Waals surface area (Å²) in [6.07, 6.45) is 3.29. The molecule has 2 aromatic rings. The number of rotatable bonds is 3. The Bertz CT molecular complexity index is 937. The SMILES string of the molecule is CC12CCC(C/C1=N\NC(=O)Cn1c(=O)oc3ccccc31)C2(C)C. The molecular weight excluding hydrogens is 318 g/mol. The normalized spacial score (nSPS) is 28.8. The summed E-state index contributed by atoms with van der Waals surface area (Å²) >= 11 is 0. The van der Waals surface area contributed by atoms with Crippen LogP contribution < -0.4 is 11.2 Å². The maximum Gasteiger partial charge on any atom is 0.420 e. The summed E-state index contributed by atoms with van der Waals surface area (Å²) in [6, 6.07) is 7.08. The number of nitrogens with one attached hydrogen (secondary N) is 1. The van der Waals surface area contributed by atoms with Crippen LogP contribution in [0.25, 0.3) is 11.1 Å². The quantitative estimate of drug-likeness (QED) is 0.872. The van der Waals surface area contributed by atoms with Crippen molar-refractivity contribution in [2.75, 3.05) is 0 Å². The summed E-state index contributed by atoms with van der Waals surface area (Å²) < 4.78 is 6.48. The fourth-order valence-electron chi connectivity index (χ4n) is 4.57. The number of nitrogens with zero attached hydrogens (tertiary/aromatic N) is 2. The van der Waals surface area contributed by atoms with E-state index in [-0.39, 0.29) is 23.3 Å². The first kappa shape index (κ1) is 16.1. The number of amides is 1. The molecule has 1 heterocycles. The van der Waals surface area contributed by atoms with Crippen LogP contribution >= 0.6 is 0 Å². The fourth-order valence-corrected chi connectivity index (χ4v) is 4.57. The number of hydrazone groups is 1. The highest BCUT2D eigenvalue weighted by molar-refractivity contribution is 5.95. The van der Waals surface area contributed by atoms with Crippen molar-refractivity contribution >= 4 is 22.7 Å². The second kappa shape index (κ2) is 5.31. The molecule has 2 atom stereocenters. The zero-order chi connectivity index (χ0) is 17.8. The summed E-state index contributed by atoms with van der Waals surface area (Å²) in [5, 5.41) is 4.43. The van der Waals surface area contributed by atoms with E-state index in [1.54, 1.807) is 18.2 Å². The van der Waals surface area contributed by atoms with E-state index in [9.17, 15) is 9.59 Å². The lowest BCUT2D eigenvalue weighted by Crippen LogP contribution is -2.35. The van der Waals surface area contributed by atoms with Gasteiger partial charge in [-0.1, -0.05) is 32.9 Å². The van der Waals surface area contributed by atoms with Gasteiger partial charge in [-0.15, -0.1) is 0 Å². The van der Waals surface area contributed by atoms with Crippen molar-refractivity contribution in [3.63, 3.8) is 0 Å². The zero-order valence-electron chi connectivity index (χ0n) is 14.8. The van der Waals surface area contributed by atoms with Crippen molar-refractivity contribution in [3.8, 4) is 0 Å². The van der Waals surface area contributed by atoms with Crippen molar-refractivity contribution in [1.82, 2.24) is 9.99 Å². The first-order chi connectivity index (χ1) is 11.8. The van der Waals surface area contributed by atoms with Gasteiger partial charge in [0.2, 0.25) is 0 Å². The molecule has 2 aliphatic carbocycles. The number of carbonyl (C=O) groups is 1. The molecule has 2 bridgehead atoms. The first-order valence-electron chi connectivity index (χ1n) is 8.77. The predicted octanol–water partition coefficient (Wildman–Crippen LogP) is 2.91. The van der Waals surface area contributed by atoms with Crippen molar-refractivity contribution < 1.29 is 9.21 Å². The molecule has 0 aliphatic heterocycles. The van der Waals surface area contributed by atoms with Gasteiger partial charge < -0.3 is 4.42 Å². The number of aromatic nitrogens is 1. The number of oxazole rings is 1. The van der Waals surface area contributed by atoms with Crippen LogP contribution in [-0.4, -0.2) is 16.2 Å². The molecule has 6 heteroatoms. The average Bonchev–Trinajstić information content (AvgIpc) is 3.07. The van der Waals surface area contributed by atoms with Gasteiger partial charge >= 0.3 is 5.76 Å². The second-order valence-corrected chi connectivity index (χ2v) is 8.01. The molecule has 0 saturated heterocycles. The molecule has 2 fully saturated rings. The molecule has 1 amide bonds. The molecule has 4 rings (SSSR count). The van der Waals surface area contributed by atoms with E-state index in [1.807, 2.05) is 6.07 Å². The van der Waals surface area contributed by atoms with Gasteiger partial charge in [-0.3, -0.25) is 9.36 Å². The van der Waals surface area contributed by atoms with Gasteiger partial charge in [0.1, 0.15) is 6.54 Å². The van der Waals surface area contributed by atoms with E-state index in [2.05, 4.69) is 31.3 Å². The van der Waals surface area contributed by atoms with Crippen LogP contribution in [0.1, 0.15) is 40.0 Å². The van der Waals surface area contributed by atoms with E-state index in [4.69, 9.17) is 4.42 Å². The Balaban J connectivity index is 1.52. The second-order valence-electron chi connectivity index (χ2n) is 8.01. The Hall–Kier alpha value is -2.37. The van der Waals surface area contributed by atoms with Crippen molar-refractivity contribution in [1.29, 1.82) is 0 Å². The van der Waals surface area contributed by atoms with Crippen molar-refractivity contribution in [3.05, 3.63) is 34.8 Å². The largest absolute Gasteiger partial charge is 0.420 e. The van der Waals surface area contributed by atoms with Crippen LogP contribution in [0.3, 0.4) is 0 Å². The van der Waals surface area contributed by atoms with Gasteiger partial charge in [-0.25, -0.2) is 10.2 Å². The molecule has 0 spiro atoms. The number of hydrogen-bond acceptors (Lipinski definition) is 4. The first-order valence-corrected chi connectivity index (χ1v) is 8.77. The van der Waals surface area contributed by atoms with E-state index in [0.29, 0.717) is 17.0 Å². The lowest BCUT2D eigenvalue weighted by atomic mass is 9.70. The van der Waals surface area contributed by atoms with Gasteiger partial charge in [0.25, 0.3) is 5.91 Å². The minimum absolute atomic E-state index is 0.0458. The van der Waals surface area contributed by atoms with E-state index in [0.717, 1.165) is 18.6 Å². The topological polar surface area (TPSA) is 76.6 Å². The van der Waals surface area contributed by atoms with Crippen molar-refractivity contribution in [2.45, 2.75) is 46.6 Å². The van der Waals surface area contributed by atoms with Crippen LogP contribution in [0, 0.1) is 16.7 Å². The summed E-state index contributed by atoms with van der Waals surface area (Å²) in [5.41, 5.74) is 5.08. The number of benzene rings is 1. The summed E-state index contributed by atoms with van der Waals surface area (Å²) in [4.78, 5) is 24.3. The Morgan fingerprint density at radius 3 is 2.80 bits per heavy atom. The van der Waals surface area contributed by atoms with Crippen LogP contribution in [-0.2, 0) is 11.3 Å². The summed E-state index contributed by atoms with van der Waals surface area (Å²) in [7, 11) is 0. The molecule has 2 saturated carbocycles. The number of hydrogen-bond donors (Lipinski definition) is 1. The van der Waals surface area contributed by atoms with Gasteiger partial charge in [0.05, 0.1) is 5.52 Å². The molecule has 0 radical (unpaired) electrons. The number of fused-ring (bicyclic) bond motifs is 3. The van der Waals surface area contributed by atoms with E-state index >= 15 is 0 Å². The monoisotopic (exact) mass is 341 g/mol. The maximum atomic E-state index is 12.3. The standard InChI is InChI=1S/C19H23N3O3/c1-18(2)12-8-9-19(18,3)15(10-12)20-21-16(23)11-22-13-6-4-5-7-14(13)25-17(22)24/h4-7,12H,8-11H2,1-3H3,(H,21,23)/b20-15+. The molecule has 25 heavy (non-hydrogen) atoms. The highest BCUT2D eigenvalue weighted by Gasteiger charge is 2.60. The predicted molar refractivity (Wildman–Crippen MR) is 95.3 cm³/mol. The van der Waals surface area contributed by atoms with Crippen LogP contribution in [0.15, 0.2) is 38.6 Å². The van der Waals surface area contributed by atoms with Crippen molar-refractivity contribution in [2.24, 2.45) is 21.8 Å². The van der Waals surface area contributed by atoms with Gasteiger partial charge in [-0.05, 0) is 42.7 Å². The van der Waals surface area contributed by atoms with E-state index < -0.39 is 5.76 Å². The summed E-state index contributed by atoms with van der Waals surface area (Å²) in [5.74, 6) is -0.212. The Morgan fingerprint density at radius 1 is 1.36 bits per heavy atom. The maximum absolute atomic E-state index is 12.3. The highest BCUT2D eigenvalue weighted by Crippen LogP contribution is 2.63. The molecule has 6 nitrogen and oxygen atoms in total. The minimum Gasteiger partial charge on any atom is -0.408 e. The van der Waals surface area contributed by atoms with Crippen LogP contribution in [0.2, 0.25) is 0 Å². The van der Waals surface area contributed by atoms with E-state index in [1.165, 1.54) is 11.0 Å². The molecular formula is C19H23N3O3. The van der Waals surface area contributed by atoms with Crippen LogP contribution in [0.5, 0.6) is 0 Å². The minimum atomic E-state index is -0.531. The van der Waals surface area contributed by atoms with Gasteiger partial charge in [-0.2, -0.15) is 5.10 Å². The fraction of sp³-hybridized carbons (Fsp3) is 0.526. The molecule has 132 valence electrons. The highest BCUT2D eigenvalue weighted by atomic mass is 16.4. The zero-order valence-corrected chi connectivity index (χ0v) is 14.8. The third-order valence-electron chi connectivity index (χ3n) is 6.70. The van der Waals surface area contributed by atoms with Gasteiger partial charge in [0, 0.05) is 11.1 Å². The molecule has 2 unspecified atom stereocenters. The smallest absolute Gasteiger partial charge is 0.408 e. The van der Waals surface area contributed by atoms with Gasteiger partial charge in [0.15, 0.2) is 5.58 Å². The molecule has 1 aromatic carbocycles.